The second-order valence-electron chi connectivity index (χ2n) is 4.39. The van der Waals surface area contributed by atoms with Gasteiger partial charge in [0, 0.05) is 21.1 Å². The number of halogens is 2. The van der Waals surface area contributed by atoms with Crippen LogP contribution in [0.4, 0.5) is 0 Å². The summed E-state index contributed by atoms with van der Waals surface area (Å²) in [6, 6.07) is 13.4. The SMILES string of the molecule is CC(N)c1cc(Br)ccc1OCc1cccc(Cl)c1. The van der Waals surface area contributed by atoms with E-state index in [-0.39, 0.29) is 6.04 Å². The van der Waals surface area contributed by atoms with Gasteiger partial charge in [0.25, 0.3) is 0 Å². The predicted octanol–water partition coefficient (Wildman–Crippen LogP) is 4.70. The Bertz CT molecular complexity index is 572. The average Bonchev–Trinajstić information content (AvgIpc) is 2.37. The molecule has 2 rings (SSSR count). The van der Waals surface area contributed by atoms with E-state index in [0.717, 1.165) is 21.3 Å². The van der Waals surface area contributed by atoms with Gasteiger partial charge in [0.2, 0.25) is 0 Å². The quantitative estimate of drug-likeness (QED) is 0.875. The first-order chi connectivity index (χ1) is 9.06. The molecule has 2 aromatic rings. The van der Waals surface area contributed by atoms with Crippen LogP contribution in [0.3, 0.4) is 0 Å². The van der Waals surface area contributed by atoms with Crippen LogP contribution in [-0.4, -0.2) is 0 Å². The first-order valence-corrected chi connectivity index (χ1v) is 7.15. The lowest BCUT2D eigenvalue weighted by Crippen LogP contribution is -2.08. The lowest BCUT2D eigenvalue weighted by atomic mass is 10.1. The minimum atomic E-state index is -0.0770. The molecule has 0 aliphatic rings. The van der Waals surface area contributed by atoms with Crippen LogP contribution in [0.25, 0.3) is 0 Å². The van der Waals surface area contributed by atoms with Crippen molar-refractivity contribution >= 4 is 27.5 Å². The van der Waals surface area contributed by atoms with Gasteiger partial charge < -0.3 is 10.5 Å². The van der Waals surface area contributed by atoms with E-state index < -0.39 is 0 Å². The maximum atomic E-state index is 5.95. The monoisotopic (exact) mass is 339 g/mol. The van der Waals surface area contributed by atoms with Crippen LogP contribution in [0.15, 0.2) is 46.9 Å². The molecule has 1 unspecified atom stereocenters. The van der Waals surface area contributed by atoms with Crippen LogP contribution in [-0.2, 0) is 6.61 Å². The highest BCUT2D eigenvalue weighted by Gasteiger charge is 2.09. The topological polar surface area (TPSA) is 35.2 Å². The van der Waals surface area contributed by atoms with Crippen LogP contribution in [0.1, 0.15) is 24.1 Å². The van der Waals surface area contributed by atoms with E-state index in [2.05, 4.69) is 15.9 Å². The molecule has 2 aromatic carbocycles. The summed E-state index contributed by atoms with van der Waals surface area (Å²) in [5, 5.41) is 0.712. The Morgan fingerprint density at radius 2 is 2.05 bits per heavy atom. The molecule has 2 N–H and O–H groups in total. The van der Waals surface area contributed by atoms with Crippen LogP contribution in [0, 0.1) is 0 Å². The first-order valence-electron chi connectivity index (χ1n) is 5.98. The van der Waals surface area contributed by atoms with Gasteiger partial charge in [-0.05, 0) is 42.8 Å². The zero-order valence-corrected chi connectivity index (χ0v) is 12.9. The molecule has 0 fully saturated rings. The summed E-state index contributed by atoms with van der Waals surface area (Å²) < 4.78 is 6.83. The summed E-state index contributed by atoms with van der Waals surface area (Å²) in [5.41, 5.74) is 7.97. The van der Waals surface area contributed by atoms with Crippen molar-refractivity contribution in [1.29, 1.82) is 0 Å². The van der Waals surface area contributed by atoms with E-state index >= 15 is 0 Å². The fraction of sp³-hybridized carbons (Fsp3) is 0.200. The molecule has 0 saturated carbocycles. The van der Waals surface area contributed by atoms with Crippen molar-refractivity contribution in [3.8, 4) is 5.75 Å². The van der Waals surface area contributed by atoms with E-state index in [0.29, 0.717) is 11.6 Å². The van der Waals surface area contributed by atoms with Gasteiger partial charge in [-0.1, -0.05) is 39.7 Å². The molecule has 19 heavy (non-hydrogen) atoms. The molecule has 0 saturated heterocycles. The largest absolute Gasteiger partial charge is 0.489 e. The Labute approximate surface area is 126 Å². The third kappa shape index (κ3) is 3.96. The Balaban J connectivity index is 2.15. The number of hydrogen-bond donors (Lipinski definition) is 1. The molecule has 0 amide bonds. The molecular weight excluding hydrogens is 326 g/mol. The van der Waals surface area contributed by atoms with Crippen molar-refractivity contribution in [2.45, 2.75) is 19.6 Å². The summed E-state index contributed by atoms with van der Waals surface area (Å²) in [6.45, 7) is 2.41. The molecule has 0 heterocycles. The molecule has 0 bridgehead atoms. The molecule has 0 aromatic heterocycles. The minimum Gasteiger partial charge on any atom is -0.489 e. The second-order valence-corrected chi connectivity index (χ2v) is 5.74. The Morgan fingerprint density at radius 1 is 1.26 bits per heavy atom. The number of nitrogens with two attached hydrogens (primary N) is 1. The van der Waals surface area contributed by atoms with Crippen LogP contribution in [0.5, 0.6) is 5.75 Å². The first kappa shape index (κ1) is 14.4. The van der Waals surface area contributed by atoms with Crippen molar-refractivity contribution < 1.29 is 4.74 Å². The number of ether oxygens (including phenoxy) is 1. The van der Waals surface area contributed by atoms with E-state index in [1.54, 1.807) is 0 Å². The number of benzene rings is 2. The third-order valence-electron chi connectivity index (χ3n) is 2.75. The Kier molecular flexibility index (Phi) is 4.86. The minimum absolute atomic E-state index is 0.0770. The normalized spacial score (nSPS) is 12.2. The third-order valence-corrected chi connectivity index (χ3v) is 3.47. The van der Waals surface area contributed by atoms with Gasteiger partial charge in [-0.2, -0.15) is 0 Å². The highest BCUT2D eigenvalue weighted by Crippen LogP contribution is 2.28. The Morgan fingerprint density at radius 3 is 2.74 bits per heavy atom. The molecule has 100 valence electrons. The fourth-order valence-electron chi connectivity index (χ4n) is 1.79. The maximum absolute atomic E-state index is 5.95. The van der Waals surface area contributed by atoms with Crippen molar-refractivity contribution in [3.05, 3.63) is 63.1 Å². The molecule has 0 aliphatic carbocycles. The van der Waals surface area contributed by atoms with Crippen LogP contribution >= 0.6 is 27.5 Å². The van der Waals surface area contributed by atoms with Gasteiger partial charge in [0.15, 0.2) is 0 Å². The van der Waals surface area contributed by atoms with Gasteiger partial charge in [-0.25, -0.2) is 0 Å². The Hall–Kier alpha value is -1.03. The van der Waals surface area contributed by atoms with Crippen molar-refractivity contribution in [2.24, 2.45) is 5.73 Å². The summed E-state index contributed by atoms with van der Waals surface area (Å²) in [7, 11) is 0. The molecule has 4 heteroatoms. The van der Waals surface area contributed by atoms with E-state index in [1.165, 1.54) is 0 Å². The lowest BCUT2D eigenvalue weighted by molar-refractivity contribution is 0.301. The average molecular weight is 341 g/mol. The van der Waals surface area contributed by atoms with Gasteiger partial charge >= 0.3 is 0 Å². The summed E-state index contributed by atoms with van der Waals surface area (Å²) in [4.78, 5) is 0. The smallest absolute Gasteiger partial charge is 0.124 e. The summed E-state index contributed by atoms with van der Waals surface area (Å²) in [6.07, 6.45) is 0. The van der Waals surface area contributed by atoms with Gasteiger partial charge in [-0.15, -0.1) is 0 Å². The number of hydrogen-bond acceptors (Lipinski definition) is 2. The van der Waals surface area contributed by atoms with Crippen molar-refractivity contribution in [1.82, 2.24) is 0 Å². The molecule has 0 radical (unpaired) electrons. The second kappa shape index (κ2) is 6.42. The standard InChI is InChI=1S/C15H15BrClNO/c1-10(18)14-8-12(16)5-6-15(14)19-9-11-3-2-4-13(17)7-11/h2-8,10H,9,18H2,1H3. The molecule has 0 aliphatic heterocycles. The van der Waals surface area contributed by atoms with E-state index in [4.69, 9.17) is 22.1 Å². The highest BCUT2D eigenvalue weighted by molar-refractivity contribution is 9.10. The lowest BCUT2D eigenvalue weighted by Gasteiger charge is -2.14. The van der Waals surface area contributed by atoms with Crippen LogP contribution < -0.4 is 10.5 Å². The van der Waals surface area contributed by atoms with E-state index in [9.17, 15) is 0 Å². The van der Waals surface area contributed by atoms with E-state index in [1.807, 2.05) is 49.4 Å². The molecular formula is C15H15BrClNO. The van der Waals surface area contributed by atoms with Gasteiger partial charge in [0.05, 0.1) is 0 Å². The number of rotatable bonds is 4. The van der Waals surface area contributed by atoms with Gasteiger partial charge in [-0.3, -0.25) is 0 Å². The predicted molar refractivity (Wildman–Crippen MR) is 82.5 cm³/mol. The van der Waals surface area contributed by atoms with Crippen LogP contribution in [0.2, 0.25) is 5.02 Å². The zero-order valence-electron chi connectivity index (χ0n) is 10.6. The van der Waals surface area contributed by atoms with Crippen molar-refractivity contribution in [3.63, 3.8) is 0 Å². The fourth-order valence-corrected chi connectivity index (χ4v) is 2.39. The maximum Gasteiger partial charge on any atom is 0.124 e. The highest BCUT2D eigenvalue weighted by atomic mass is 79.9. The zero-order chi connectivity index (χ0) is 13.8. The summed E-state index contributed by atoms with van der Waals surface area (Å²) in [5.74, 6) is 0.804. The van der Waals surface area contributed by atoms with Gasteiger partial charge in [0.1, 0.15) is 12.4 Å². The van der Waals surface area contributed by atoms with Crippen molar-refractivity contribution in [2.75, 3.05) is 0 Å². The molecule has 2 nitrogen and oxygen atoms in total. The summed E-state index contributed by atoms with van der Waals surface area (Å²) >= 11 is 9.39. The molecule has 1 atom stereocenters. The molecule has 0 spiro atoms.